The van der Waals surface area contributed by atoms with Gasteiger partial charge in [0.15, 0.2) is 17.3 Å². The zero-order valence-electron chi connectivity index (χ0n) is 12.6. The van der Waals surface area contributed by atoms with Gasteiger partial charge in [-0.05, 0) is 31.7 Å². The highest BCUT2D eigenvalue weighted by Gasteiger charge is 2.32. The van der Waals surface area contributed by atoms with E-state index in [0.29, 0.717) is 18.8 Å². The van der Waals surface area contributed by atoms with Gasteiger partial charge >= 0.3 is 0 Å². The number of hydrogen-bond donors (Lipinski definition) is 0. The first kappa shape index (κ1) is 15.8. The minimum atomic E-state index is -0.571. The molecule has 1 aliphatic carbocycles. The lowest BCUT2D eigenvalue weighted by atomic mass is 9.78. The molecule has 2 rings (SSSR count). The molecule has 0 bridgehead atoms. The molecule has 0 spiro atoms. The maximum absolute atomic E-state index is 14.0. The largest absolute Gasteiger partial charge is 0.493 e. The molecule has 0 saturated heterocycles. The van der Waals surface area contributed by atoms with Gasteiger partial charge in [-0.3, -0.25) is 4.79 Å². The van der Waals surface area contributed by atoms with Crippen molar-refractivity contribution in [2.45, 2.75) is 32.3 Å². The maximum atomic E-state index is 14.0. The fourth-order valence-corrected chi connectivity index (χ4v) is 2.65. The number of benzene rings is 1. The van der Waals surface area contributed by atoms with E-state index in [1.165, 1.54) is 26.4 Å². The number of Topliss-reactive ketones (excluding diaryl/α,β-unsaturated/α-hetero) is 1. The molecule has 0 atom stereocenters. The summed E-state index contributed by atoms with van der Waals surface area (Å²) in [4.78, 5) is 12.2. The first-order valence-electron chi connectivity index (χ1n) is 7.15. The van der Waals surface area contributed by atoms with E-state index in [1.807, 2.05) is 6.92 Å². The van der Waals surface area contributed by atoms with Crippen molar-refractivity contribution in [3.63, 3.8) is 0 Å². The van der Waals surface area contributed by atoms with Crippen molar-refractivity contribution >= 4 is 5.78 Å². The Morgan fingerprint density at radius 1 is 1.24 bits per heavy atom. The molecule has 0 aromatic heterocycles. The quantitative estimate of drug-likeness (QED) is 0.725. The zero-order valence-corrected chi connectivity index (χ0v) is 12.6. The van der Waals surface area contributed by atoms with Crippen molar-refractivity contribution in [2.75, 3.05) is 20.8 Å². The molecule has 0 N–H and O–H groups in total. The highest BCUT2D eigenvalue weighted by molar-refractivity contribution is 5.97. The summed E-state index contributed by atoms with van der Waals surface area (Å²) in [5.41, 5.74) is 0.0625. The Labute approximate surface area is 124 Å². The van der Waals surface area contributed by atoms with Crippen molar-refractivity contribution in [3.05, 3.63) is 23.5 Å². The number of carbonyl (C=O) groups excluding carboxylic acids is 1. The van der Waals surface area contributed by atoms with E-state index in [2.05, 4.69) is 0 Å². The molecular formula is C16H21FO4. The second-order valence-electron chi connectivity index (χ2n) is 5.23. The number of halogens is 1. The van der Waals surface area contributed by atoms with Crippen molar-refractivity contribution < 1.29 is 23.4 Å². The normalized spacial score (nSPS) is 20.8. The van der Waals surface area contributed by atoms with Crippen molar-refractivity contribution in [1.29, 1.82) is 0 Å². The summed E-state index contributed by atoms with van der Waals surface area (Å²) in [6.45, 7) is 2.65. The number of ketones is 1. The predicted octanol–water partition coefficient (Wildman–Crippen LogP) is 3.23. The maximum Gasteiger partial charge on any atom is 0.166 e. The highest BCUT2D eigenvalue weighted by Crippen LogP contribution is 2.35. The van der Waals surface area contributed by atoms with Gasteiger partial charge in [-0.2, -0.15) is 0 Å². The third-order valence-electron chi connectivity index (χ3n) is 3.84. The molecular weight excluding hydrogens is 275 g/mol. The van der Waals surface area contributed by atoms with E-state index >= 15 is 0 Å². The third-order valence-corrected chi connectivity index (χ3v) is 3.84. The summed E-state index contributed by atoms with van der Waals surface area (Å²) < 4.78 is 29.6. The van der Waals surface area contributed by atoms with Crippen LogP contribution in [0.1, 0.15) is 36.5 Å². The molecule has 116 valence electrons. The number of ether oxygens (including phenoxy) is 3. The third kappa shape index (κ3) is 3.53. The molecule has 1 aromatic carbocycles. The topological polar surface area (TPSA) is 44.8 Å². The van der Waals surface area contributed by atoms with E-state index in [9.17, 15) is 9.18 Å². The number of rotatable bonds is 7. The molecule has 0 aliphatic heterocycles. The Balaban J connectivity index is 2.03. The average Bonchev–Trinajstić information content (AvgIpc) is 2.44. The number of methoxy groups -OCH3 is 2. The molecule has 4 nitrogen and oxygen atoms in total. The van der Waals surface area contributed by atoms with Crippen molar-refractivity contribution in [3.8, 4) is 11.5 Å². The molecule has 1 saturated carbocycles. The van der Waals surface area contributed by atoms with Crippen LogP contribution in [-0.2, 0) is 4.74 Å². The van der Waals surface area contributed by atoms with Gasteiger partial charge in [0.05, 0.1) is 25.9 Å². The van der Waals surface area contributed by atoms with E-state index in [4.69, 9.17) is 14.2 Å². The van der Waals surface area contributed by atoms with Gasteiger partial charge in [-0.1, -0.05) is 0 Å². The number of carbonyl (C=O) groups is 1. The summed E-state index contributed by atoms with van der Waals surface area (Å²) in [7, 11) is 2.89. The lowest BCUT2D eigenvalue weighted by molar-refractivity contribution is -0.0246. The Hall–Kier alpha value is -1.62. The van der Waals surface area contributed by atoms with Gasteiger partial charge in [0.1, 0.15) is 5.82 Å². The van der Waals surface area contributed by atoms with Crippen molar-refractivity contribution in [2.24, 2.45) is 5.92 Å². The van der Waals surface area contributed by atoms with Crippen LogP contribution in [0.15, 0.2) is 12.1 Å². The zero-order chi connectivity index (χ0) is 15.4. The Morgan fingerprint density at radius 3 is 2.43 bits per heavy atom. The summed E-state index contributed by atoms with van der Waals surface area (Å²) in [5.74, 6) is 0.155. The van der Waals surface area contributed by atoms with Crippen LogP contribution in [-0.4, -0.2) is 32.7 Å². The molecule has 0 radical (unpaired) electrons. The fourth-order valence-electron chi connectivity index (χ4n) is 2.65. The predicted molar refractivity (Wildman–Crippen MR) is 76.6 cm³/mol. The van der Waals surface area contributed by atoms with Crippen LogP contribution in [0.25, 0.3) is 0 Å². The first-order valence-corrected chi connectivity index (χ1v) is 7.15. The van der Waals surface area contributed by atoms with E-state index in [1.54, 1.807) is 0 Å². The van der Waals surface area contributed by atoms with Crippen LogP contribution >= 0.6 is 0 Å². The standard InChI is InChI=1S/C16H21FO4/c1-4-21-11-5-10(6-11)7-14(18)12-8-15(19-2)16(20-3)9-13(12)17/h8-11H,4-7H2,1-3H3. The summed E-state index contributed by atoms with van der Waals surface area (Å²) in [6.07, 6.45) is 2.34. The van der Waals surface area contributed by atoms with Gasteiger partial charge in [-0.15, -0.1) is 0 Å². The SMILES string of the molecule is CCOC1CC(CC(=O)c2cc(OC)c(OC)cc2F)C1. The van der Waals surface area contributed by atoms with Gasteiger partial charge in [0.2, 0.25) is 0 Å². The molecule has 1 aromatic rings. The average molecular weight is 296 g/mol. The Kier molecular flexibility index (Phi) is 5.17. The molecule has 0 amide bonds. The Bertz CT molecular complexity index is 509. The van der Waals surface area contributed by atoms with Crippen LogP contribution in [0.4, 0.5) is 4.39 Å². The summed E-state index contributed by atoms with van der Waals surface area (Å²) in [5, 5.41) is 0. The second kappa shape index (κ2) is 6.89. The summed E-state index contributed by atoms with van der Waals surface area (Å²) in [6, 6.07) is 2.60. The monoisotopic (exact) mass is 296 g/mol. The van der Waals surface area contributed by atoms with Crippen LogP contribution < -0.4 is 9.47 Å². The van der Waals surface area contributed by atoms with E-state index < -0.39 is 5.82 Å². The lowest BCUT2D eigenvalue weighted by Crippen LogP contribution is -2.32. The first-order chi connectivity index (χ1) is 10.1. The van der Waals surface area contributed by atoms with E-state index in [0.717, 1.165) is 12.8 Å². The minimum absolute atomic E-state index is 0.0625. The number of hydrogen-bond acceptors (Lipinski definition) is 4. The van der Waals surface area contributed by atoms with E-state index in [-0.39, 0.29) is 29.1 Å². The highest BCUT2D eigenvalue weighted by atomic mass is 19.1. The van der Waals surface area contributed by atoms with Crippen LogP contribution in [0.5, 0.6) is 11.5 Å². The van der Waals surface area contributed by atoms with Gasteiger partial charge in [-0.25, -0.2) is 4.39 Å². The van der Waals surface area contributed by atoms with Crippen LogP contribution in [0.2, 0.25) is 0 Å². The second-order valence-corrected chi connectivity index (χ2v) is 5.23. The Morgan fingerprint density at radius 2 is 1.86 bits per heavy atom. The van der Waals surface area contributed by atoms with Crippen LogP contribution in [0, 0.1) is 11.7 Å². The smallest absolute Gasteiger partial charge is 0.166 e. The summed E-state index contributed by atoms with van der Waals surface area (Å²) >= 11 is 0. The minimum Gasteiger partial charge on any atom is -0.493 e. The molecule has 0 unspecified atom stereocenters. The van der Waals surface area contributed by atoms with Gasteiger partial charge in [0.25, 0.3) is 0 Å². The molecule has 5 heteroatoms. The van der Waals surface area contributed by atoms with Gasteiger partial charge in [0, 0.05) is 19.1 Å². The van der Waals surface area contributed by atoms with Crippen LogP contribution in [0.3, 0.4) is 0 Å². The van der Waals surface area contributed by atoms with Gasteiger partial charge < -0.3 is 14.2 Å². The fraction of sp³-hybridized carbons (Fsp3) is 0.562. The lowest BCUT2D eigenvalue weighted by Gasteiger charge is -2.34. The molecule has 21 heavy (non-hydrogen) atoms. The molecule has 1 aliphatic rings. The molecule has 0 heterocycles. The molecule has 1 fully saturated rings. The van der Waals surface area contributed by atoms with Crippen molar-refractivity contribution in [1.82, 2.24) is 0 Å².